The number of aromatic nitrogens is 1. The molecule has 34 heavy (non-hydrogen) atoms. The topological polar surface area (TPSA) is 130 Å². The Morgan fingerprint density at radius 2 is 1.79 bits per heavy atom. The fraction of sp³-hybridized carbons (Fsp3) is 0.240. The lowest BCUT2D eigenvalue weighted by Gasteiger charge is -2.21. The number of carbonyl (C=O) groups excluding carboxylic acids is 1. The SMILES string of the molecule is COc1ccc([C@H](CC(=O)O)NC(=O)Nc2c(O)ccn(C)c2=O)cc1-c1c(C)cccc1C. The summed E-state index contributed by atoms with van der Waals surface area (Å²) in [5, 5.41) is 24.4. The van der Waals surface area contributed by atoms with Crippen LogP contribution >= 0.6 is 0 Å². The molecule has 0 spiro atoms. The molecular weight excluding hydrogens is 438 g/mol. The lowest BCUT2D eigenvalue weighted by Crippen LogP contribution is -2.36. The molecule has 0 aliphatic carbocycles. The van der Waals surface area contributed by atoms with Crippen LogP contribution in [0.4, 0.5) is 10.5 Å². The number of amides is 2. The highest BCUT2D eigenvalue weighted by Gasteiger charge is 2.22. The van der Waals surface area contributed by atoms with Gasteiger partial charge in [0.2, 0.25) is 0 Å². The first kappa shape index (κ1) is 24.4. The summed E-state index contributed by atoms with van der Waals surface area (Å²) in [6.45, 7) is 3.95. The number of aromatic hydroxyl groups is 1. The number of carbonyl (C=O) groups is 2. The molecule has 2 amide bonds. The minimum absolute atomic E-state index is 0.303. The van der Waals surface area contributed by atoms with Crippen LogP contribution in [0.2, 0.25) is 0 Å². The smallest absolute Gasteiger partial charge is 0.319 e. The average molecular weight is 466 g/mol. The van der Waals surface area contributed by atoms with E-state index in [1.807, 2.05) is 32.0 Å². The number of methoxy groups -OCH3 is 1. The van der Waals surface area contributed by atoms with Crippen LogP contribution in [0.1, 0.15) is 29.2 Å². The van der Waals surface area contributed by atoms with Crippen LogP contribution in [0.5, 0.6) is 11.5 Å². The van der Waals surface area contributed by atoms with E-state index in [2.05, 4.69) is 10.6 Å². The number of benzene rings is 2. The van der Waals surface area contributed by atoms with Crippen molar-refractivity contribution in [3.63, 3.8) is 0 Å². The fourth-order valence-electron chi connectivity index (χ4n) is 3.85. The third kappa shape index (κ3) is 5.20. The van der Waals surface area contributed by atoms with Gasteiger partial charge >= 0.3 is 12.0 Å². The zero-order valence-corrected chi connectivity index (χ0v) is 19.4. The van der Waals surface area contributed by atoms with E-state index in [-0.39, 0.29) is 5.69 Å². The number of carboxylic acid groups (broad SMARTS) is 1. The van der Waals surface area contributed by atoms with Gasteiger partial charge in [-0.2, -0.15) is 0 Å². The van der Waals surface area contributed by atoms with Gasteiger partial charge in [-0.3, -0.25) is 9.59 Å². The van der Waals surface area contributed by atoms with Gasteiger partial charge in [-0.15, -0.1) is 0 Å². The zero-order chi connectivity index (χ0) is 25.0. The van der Waals surface area contributed by atoms with E-state index in [1.54, 1.807) is 25.3 Å². The molecule has 0 unspecified atom stereocenters. The Kier molecular flexibility index (Phi) is 7.25. The summed E-state index contributed by atoms with van der Waals surface area (Å²) in [7, 11) is 3.03. The number of carboxylic acids is 1. The highest BCUT2D eigenvalue weighted by atomic mass is 16.5. The van der Waals surface area contributed by atoms with Crippen LogP contribution in [-0.4, -0.2) is 33.9 Å². The minimum Gasteiger partial charge on any atom is -0.505 e. The number of hydrogen-bond acceptors (Lipinski definition) is 5. The van der Waals surface area contributed by atoms with Gasteiger partial charge in [0.25, 0.3) is 5.56 Å². The van der Waals surface area contributed by atoms with E-state index in [9.17, 15) is 24.6 Å². The fourth-order valence-corrected chi connectivity index (χ4v) is 3.85. The molecule has 0 fully saturated rings. The summed E-state index contributed by atoms with van der Waals surface area (Å²) in [6.07, 6.45) is 0.963. The first-order valence-electron chi connectivity index (χ1n) is 10.5. The number of hydrogen-bond donors (Lipinski definition) is 4. The van der Waals surface area contributed by atoms with Crippen LogP contribution in [0.15, 0.2) is 53.5 Å². The maximum absolute atomic E-state index is 12.7. The molecule has 0 bridgehead atoms. The van der Waals surface area contributed by atoms with Crippen molar-refractivity contribution >= 4 is 17.7 Å². The van der Waals surface area contributed by atoms with Gasteiger partial charge in [-0.25, -0.2) is 4.79 Å². The minimum atomic E-state index is -1.12. The van der Waals surface area contributed by atoms with Gasteiger partial charge in [0.15, 0.2) is 5.69 Å². The second kappa shape index (κ2) is 10.1. The summed E-state index contributed by atoms with van der Waals surface area (Å²) in [5.41, 5.74) is 3.40. The molecule has 0 aliphatic heterocycles. The molecule has 3 rings (SSSR count). The molecule has 9 nitrogen and oxygen atoms in total. The van der Waals surface area contributed by atoms with E-state index in [4.69, 9.17) is 4.74 Å². The Morgan fingerprint density at radius 1 is 1.12 bits per heavy atom. The summed E-state index contributed by atoms with van der Waals surface area (Å²) in [4.78, 5) is 36.5. The van der Waals surface area contributed by atoms with Crippen molar-refractivity contribution in [1.82, 2.24) is 9.88 Å². The van der Waals surface area contributed by atoms with E-state index < -0.39 is 35.8 Å². The molecule has 2 aromatic carbocycles. The number of aliphatic carboxylic acids is 1. The van der Waals surface area contributed by atoms with Crippen LogP contribution in [0, 0.1) is 13.8 Å². The van der Waals surface area contributed by atoms with Crippen LogP contribution in [0.3, 0.4) is 0 Å². The Hall–Kier alpha value is -4.27. The number of aryl methyl sites for hydroxylation is 3. The molecule has 0 radical (unpaired) electrons. The van der Waals surface area contributed by atoms with Gasteiger partial charge in [0.1, 0.15) is 11.5 Å². The molecule has 178 valence electrons. The van der Waals surface area contributed by atoms with Gasteiger partial charge in [0.05, 0.1) is 19.6 Å². The molecule has 1 atom stereocenters. The van der Waals surface area contributed by atoms with Crippen LogP contribution in [0.25, 0.3) is 11.1 Å². The second-order valence-corrected chi connectivity index (χ2v) is 7.97. The van der Waals surface area contributed by atoms with E-state index in [0.717, 1.165) is 22.3 Å². The first-order chi connectivity index (χ1) is 16.1. The number of pyridine rings is 1. The normalized spacial score (nSPS) is 11.5. The number of urea groups is 1. The summed E-state index contributed by atoms with van der Waals surface area (Å²) >= 11 is 0. The second-order valence-electron chi connectivity index (χ2n) is 7.97. The third-order valence-electron chi connectivity index (χ3n) is 5.55. The van der Waals surface area contributed by atoms with Crippen molar-refractivity contribution in [2.24, 2.45) is 7.05 Å². The largest absolute Gasteiger partial charge is 0.505 e. The van der Waals surface area contributed by atoms with Gasteiger partial charge < -0.3 is 30.2 Å². The molecule has 0 saturated heterocycles. The van der Waals surface area contributed by atoms with Crippen molar-refractivity contribution < 1.29 is 24.5 Å². The summed E-state index contributed by atoms with van der Waals surface area (Å²) in [6, 6.07) is 10.6. The maximum Gasteiger partial charge on any atom is 0.319 e. The summed E-state index contributed by atoms with van der Waals surface area (Å²) in [5.74, 6) is -0.902. The van der Waals surface area contributed by atoms with Crippen molar-refractivity contribution in [1.29, 1.82) is 0 Å². The Morgan fingerprint density at radius 3 is 2.41 bits per heavy atom. The molecule has 1 aromatic heterocycles. The number of rotatable bonds is 7. The molecule has 0 saturated carbocycles. The first-order valence-corrected chi connectivity index (χ1v) is 10.5. The lowest BCUT2D eigenvalue weighted by molar-refractivity contribution is -0.137. The van der Waals surface area contributed by atoms with E-state index in [1.165, 1.54) is 23.9 Å². The van der Waals surface area contributed by atoms with Crippen molar-refractivity contribution in [2.75, 3.05) is 12.4 Å². The predicted molar refractivity (Wildman–Crippen MR) is 128 cm³/mol. The monoisotopic (exact) mass is 465 g/mol. The highest BCUT2D eigenvalue weighted by molar-refractivity contribution is 5.91. The number of nitrogens with one attached hydrogen (secondary N) is 2. The zero-order valence-electron chi connectivity index (χ0n) is 19.4. The number of nitrogens with zero attached hydrogens (tertiary/aromatic N) is 1. The van der Waals surface area contributed by atoms with Gasteiger partial charge in [0, 0.05) is 18.8 Å². The van der Waals surface area contributed by atoms with E-state index >= 15 is 0 Å². The van der Waals surface area contributed by atoms with Crippen molar-refractivity contribution in [3.8, 4) is 22.6 Å². The predicted octanol–water partition coefficient (Wildman–Crippen LogP) is 3.72. The quantitative estimate of drug-likeness (QED) is 0.421. The third-order valence-corrected chi connectivity index (χ3v) is 5.55. The standard InChI is InChI=1S/C25H27N3O6/c1-14-6-5-7-15(2)22(14)17-12-16(8-9-20(17)34-4)18(13-21(30)31)26-25(33)27-23-19(29)10-11-28(3)24(23)32/h5-12,18,29H,13H2,1-4H3,(H,30,31)(H2,26,27,33)/t18-/m0/s1. The molecule has 0 aliphatic rings. The average Bonchev–Trinajstić information content (AvgIpc) is 2.78. The van der Waals surface area contributed by atoms with Crippen LogP contribution < -0.4 is 20.9 Å². The Bertz CT molecular complexity index is 1280. The molecule has 3 aromatic rings. The van der Waals surface area contributed by atoms with Gasteiger partial charge in [-0.1, -0.05) is 24.3 Å². The van der Waals surface area contributed by atoms with E-state index in [0.29, 0.717) is 11.3 Å². The Balaban J connectivity index is 1.99. The molecule has 9 heteroatoms. The van der Waals surface area contributed by atoms with Gasteiger partial charge in [-0.05, 0) is 54.3 Å². The maximum atomic E-state index is 12.7. The molecular formula is C25H27N3O6. The lowest BCUT2D eigenvalue weighted by atomic mass is 9.92. The molecule has 4 N–H and O–H groups in total. The molecule has 1 heterocycles. The number of ether oxygens (including phenoxy) is 1. The summed E-state index contributed by atoms with van der Waals surface area (Å²) < 4.78 is 6.74. The van der Waals surface area contributed by atoms with Crippen molar-refractivity contribution in [3.05, 3.63) is 75.7 Å². The van der Waals surface area contributed by atoms with Crippen molar-refractivity contribution in [2.45, 2.75) is 26.3 Å². The Labute approximate surface area is 196 Å². The number of anilines is 1. The highest BCUT2D eigenvalue weighted by Crippen LogP contribution is 2.37. The van der Waals surface area contributed by atoms with Crippen LogP contribution in [-0.2, 0) is 11.8 Å².